The normalized spacial score (nSPS) is 20.3. The van der Waals surface area contributed by atoms with Crippen molar-refractivity contribution in [1.29, 1.82) is 0 Å². The monoisotopic (exact) mass is 266 g/mol. The molecule has 0 radical (unpaired) electrons. The first-order valence-electron chi connectivity index (χ1n) is 7.40. The van der Waals surface area contributed by atoms with Gasteiger partial charge in [-0.3, -0.25) is 0 Å². The van der Waals surface area contributed by atoms with E-state index in [1.54, 1.807) is 0 Å². The predicted octanol–water partition coefficient (Wildman–Crippen LogP) is 4.08. The van der Waals surface area contributed by atoms with Crippen molar-refractivity contribution in [3.8, 4) is 11.5 Å². The van der Waals surface area contributed by atoms with Gasteiger partial charge in [-0.1, -0.05) is 24.3 Å². The van der Waals surface area contributed by atoms with Gasteiger partial charge in [-0.25, -0.2) is 0 Å². The Labute approximate surface area is 119 Å². The van der Waals surface area contributed by atoms with Gasteiger partial charge in [-0.2, -0.15) is 0 Å². The van der Waals surface area contributed by atoms with Crippen LogP contribution in [-0.2, 0) is 12.8 Å². The van der Waals surface area contributed by atoms with E-state index in [0.717, 1.165) is 43.8 Å². The van der Waals surface area contributed by atoms with Crippen LogP contribution in [-0.4, -0.2) is 6.61 Å². The molecule has 20 heavy (non-hydrogen) atoms. The molecule has 0 fully saturated rings. The van der Waals surface area contributed by atoms with Crippen molar-refractivity contribution in [2.45, 2.75) is 31.8 Å². The highest BCUT2D eigenvalue weighted by Crippen LogP contribution is 2.36. The second-order valence-corrected chi connectivity index (χ2v) is 5.57. The number of aryl methyl sites for hydroxylation is 2. The highest BCUT2D eigenvalue weighted by atomic mass is 16.5. The molecule has 0 amide bonds. The third-order valence-corrected chi connectivity index (χ3v) is 4.22. The Balaban J connectivity index is 1.63. The molecule has 0 bridgehead atoms. The van der Waals surface area contributed by atoms with Gasteiger partial charge in [0.25, 0.3) is 0 Å². The molecule has 0 saturated carbocycles. The first kappa shape index (κ1) is 11.8. The van der Waals surface area contributed by atoms with E-state index in [1.807, 2.05) is 6.07 Å². The van der Waals surface area contributed by atoms with Crippen LogP contribution < -0.4 is 9.47 Å². The van der Waals surface area contributed by atoms with E-state index in [9.17, 15) is 0 Å². The van der Waals surface area contributed by atoms with Crippen LogP contribution in [0.25, 0.3) is 0 Å². The SMILES string of the molecule is c1ccc2c(c1)CCC(c1ccc3c(c1)CCCO3)O2. The molecule has 102 valence electrons. The Morgan fingerprint density at radius 2 is 1.85 bits per heavy atom. The van der Waals surface area contributed by atoms with E-state index < -0.39 is 0 Å². The van der Waals surface area contributed by atoms with E-state index >= 15 is 0 Å². The highest BCUT2D eigenvalue weighted by molar-refractivity contribution is 5.41. The minimum atomic E-state index is 0.178. The maximum absolute atomic E-state index is 6.17. The van der Waals surface area contributed by atoms with Crippen molar-refractivity contribution in [2.75, 3.05) is 6.61 Å². The van der Waals surface area contributed by atoms with Crippen molar-refractivity contribution in [1.82, 2.24) is 0 Å². The maximum atomic E-state index is 6.17. The van der Waals surface area contributed by atoms with E-state index in [0.29, 0.717) is 0 Å². The molecule has 2 aromatic rings. The van der Waals surface area contributed by atoms with Crippen molar-refractivity contribution in [3.63, 3.8) is 0 Å². The third-order valence-electron chi connectivity index (χ3n) is 4.22. The lowest BCUT2D eigenvalue weighted by Gasteiger charge is -2.27. The molecule has 2 heteroatoms. The highest BCUT2D eigenvalue weighted by Gasteiger charge is 2.22. The minimum Gasteiger partial charge on any atom is -0.493 e. The zero-order valence-electron chi connectivity index (χ0n) is 11.5. The molecule has 2 aromatic carbocycles. The first-order valence-corrected chi connectivity index (χ1v) is 7.40. The average molecular weight is 266 g/mol. The van der Waals surface area contributed by atoms with E-state index in [4.69, 9.17) is 9.47 Å². The van der Waals surface area contributed by atoms with Crippen LogP contribution in [0.2, 0.25) is 0 Å². The summed E-state index contributed by atoms with van der Waals surface area (Å²) in [6.45, 7) is 0.847. The molecule has 4 rings (SSSR count). The summed E-state index contributed by atoms with van der Waals surface area (Å²) in [5.74, 6) is 2.09. The molecule has 1 unspecified atom stereocenters. The fourth-order valence-corrected chi connectivity index (χ4v) is 3.14. The largest absolute Gasteiger partial charge is 0.493 e. The molecule has 2 heterocycles. The van der Waals surface area contributed by atoms with Crippen molar-refractivity contribution in [3.05, 3.63) is 59.2 Å². The quantitative estimate of drug-likeness (QED) is 0.774. The summed E-state index contributed by atoms with van der Waals surface area (Å²) in [7, 11) is 0. The molecule has 0 saturated heterocycles. The number of hydrogen-bond donors (Lipinski definition) is 0. The maximum Gasteiger partial charge on any atom is 0.124 e. The molecule has 0 aliphatic carbocycles. The number of benzene rings is 2. The van der Waals surface area contributed by atoms with E-state index in [2.05, 4.69) is 36.4 Å². The zero-order valence-corrected chi connectivity index (χ0v) is 11.5. The van der Waals surface area contributed by atoms with Crippen LogP contribution in [0, 0.1) is 0 Å². The number of ether oxygens (including phenoxy) is 2. The smallest absolute Gasteiger partial charge is 0.124 e. The second kappa shape index (κ2) is 4.86. The predicted molar refractivity (Wildman–Crippen MR) is 78.4 cm³/mol. The number of para-hydroxylation sites is 1. The lowest BCUT2D eigenvalue weighted by molar-refractivity contribution is 0.176. The fourth-order valence-electron chi connectivity index (χ4n) is 3.14. The summed E-state index contributed by atoms with van der Waals surface area (Å²) >= 11 is 0. The van der Waals surface area contributed by atoms with Gasteiger partial charge in [0, 0.05) is 0 Å². The Bertz CT molecular complexity index is 633. The number of fused-ring (bicyclic) bond motifs is 2. The molecule has 1 atom stereocenters. The fraction of sp³-hybridized carbons (Fsp3) is 0.333. The first-order chi connectivity index (χ1) is 9.90. The van der Waals surface area contributed by atoms with E-state index in [1.165, 1.54) is 16.7 Å². The summed E-state index contributed by atoms with van der Waals surface area (Å²) < 4.78 is 11.8. The summed E-state index contributed by atoms with van der Waals surface area (Å²) in [6.07, 6.45) is 4.56. The van der Waals surface area contributed by atoms with Gasteiger partial charge in [0.1, 0.15) is 17.6 Å². The van der Waals surface area contributed by atoms with Crippen molar-refractivity contribution >= 4 is 0 Å². The van der Waals surface area contributed by atoms with Crippen LogP contribution in [0.15, 0.2) is 42.5 Å². The van der Waals surface area contributed by atoms with Gasteiger partial charge >= 0.3 is 0 Å². The zero-order chi connectivity index (χ0) is 13.4. The van der Waals surface area contributed by atoms with Gasteiger partial charge in [-0.15, -0.1) is 0 Å². The van der Waals surface area contributed by atoms with Crippen LogP contribution in [0.4, 0.5) is 0 Å². The second-order valence-electron chi connectivity index (χ2n) is 5.57. The van der Waals surface area contributed by atoms with Gasteiger partial charge in [0.15, 0.2) is 0 Å². The number of hydrogen-bond acceptors (Lipinski definition) is 2. The standard InChI is InChI=1S/C18H18O2/c1-2-6-17-13(4-1)7-10-18(20-17)15-8-9-16-14(12-15)5-3-11-19-16/h1-2,4,6,8-9,12,18H,3,5,7,10-11H2. The van der Waals surface area contributed by atoms with Crippen LogP contribution >= 0.6 is 0 Å². The minimum absolute atomic E-state index is 0.178. The molecule has 0 N–H and O–H groups in total. The Morgan fingerprint density at radius 3 is 2.85 bits per heavy atom. The lowest BCUT2D eigenvalue weighted by atomic mass is 9.95. The topological polar surface area (TPSA) is 18.5 Å². The van der Waals surface area contributed by atoms with Crippen LogP contribution in [0.3, 0.4) is 0 Å². The molecule has 0 aromatic heterocycles. The van der Waals surface area contributed by atoms with Gasteiger partial charge in [-0.05, 0) is 60.6 Å². The molecule has 2 aliphatic rings. The molecular weight excluding hydrogens is 248 g/mol. The Hall–Kier alpha value is -1.96. The summed E-state index contributed by atoms with van der Waals surface area (Å²) in [5.41, 5.74) is 3.94. The third kappa shape index (κ3) is 2.05. The van der Waals surface area contributed by atoms with Crippen molar-refractivity contribution < 1.29 is 9.47 Å². The number of rotatable bonds is 1. The summed E-state index contributed by atoms with van der Waals surface area (Å²) in [5, 5.41) is 0. The van der Waals surface area contributed by atoms with Gasteiger partial charge in [0.2, 0.25) is 0 Å². The van der Waals surface area contributed by atoms with Gasteiger partial charge < -0.3 is 9.47 Å². The van der Waals surface area contributed by atoms with Crippen LogP contribution in [0.5, 0.6) is 11.5 Å². The molecule has 0 spiro atoms. The van der Waals surface area contributed by atoms with Crippen molar-refractivity contribution in [2.24, 2.45) is 0 Å². The molecular formula is C18H18O2. The van der Waals surface area contributed by atoms with E-state index in [-0.39, 0.29) is 6.10 Å². The van der Waals surface area contributed by atoms with Crippen LogP contribution in [0.1, 0.15) is 35.6 Å². The summed E-state index contributed by atoms with van der Waals surface area (Å²) in [6, 6.07) is 14.9. The average Bonchev–Trinajstić information content (AvgIpc) is 2.54. The Morgan fingerprint density at radius 1 is 0.900 bits per heavy atom. The van der Waals surface area contributed by atoms with Gasteiger partial charge in [0.05, 0.1) is 6.61 Å². The Kier molecular flexibility index (Phi) is 2.87. The lowest BCUT2D eigenvalue weighted by Crippen LogP contribution is -2.16. The molecule has 2 aliphatic heterocycles. The summed E-state index contributed by atoms with van der Waals surface area (Å²) in [4.78, 5) is 0. The molecule has 2 nitrogen and oxygen atoms in total.